The number of carboxylic acid groups (broad SMARTS) is 1. The molecule has 0 spiro atoms. The van der Waals surface area contributed by atoms with Gasteiger partial charge in [-0.15, -0.1) is 0 Å². The summed E-state index contributed by atoms with van der Waals surface area (Å²) in [6, 6.07) is -0.731. The first kappa shape index (κ1) is 15.9. The number of carboxylic acids is 1. The normalized spacial score (nSPS) is 26.3. The number of hydrogen-bond acceptors (Lipinski definition) is 4. The Kier molecular flexibility index (Phi) is 5.31. The van der Waals surface area contributed by atoms with Crippen LogP contribution in [0.3, 0.4) is 0 Å². The van der Waals surface area contributed by atoms with E-state index in [0.717, 1.165) is 6.42 Å². The third kappa shape index (κ3) is 3.91. The Labute approximate surface area is 113 Å². The number of nitrogens with one attached hydrogen (secondary N) is 1. The van der Waals surface area contributed by atoms with Crippen LogP contribution in [0.2, 0.25) is 0 Å². The van der Waals surface area contributed by atoms with Gasteiger partial charge in [-0.05, 0) is 19.8 Å². The maximum absolute atomic E-state index is 11.8. The third-order valence-corrected chi connectivity index (χ3v) is 3.87. The van der Waals surface area contributed by atoms with E-state index >= 15 is 0 Å². The average Bonchev–Trinajstić information content (AvgIpc) is 2.34. The summed E-state index contributed by atoms with van der Waals surface area (Å²) in [5.74, 6) is -1.22. The number of nitrogens with two attached hydrogens (primary N) is 1. The highest BCUT2D eigenvalue weighted by Gasteiger charge is 2.49. The lowest BCUT2D eigenvalue weighted by atomic mass is 9.64. The van der Waals surface area contributed by atoms with Crippen LogP contribution in [0.25, 0.3) is 0 Å². The zero-order valence-corrected chi connectivity index (χ0v) is 11.8. The van der Waals surface area contributed by atoms with Gasteiger partial charge in [0.25, 0.3) is 0 Å². The molecule has 1 rings (SSSR count). The van der Waals surface area contributed by atoms with Gasteiger partial charge in [-0.1, -0.05) is 13.8 Å². The highest BCUT2D eigenvalue weighted by molar-refractivity contribution is 5.82. The van der Waals surface area contributed by atoms with E-state index in [1.165, 1.54) is 0 Å². The van der Waals surface area contributed by atoms with Gasteiger partial charge < -0.3 is 20.9 Å². The molecule has 4 N–H and O–H groups in total. The zero-order chi connectivity index (χ0) is 14.6. The third-order valence-electron chi connectivity index (χ3n) is 3.87. The van der Waals surface area contributed by atoms with Crippen molar-refractivity contribution in [3.8, 4) is 0 Å². The van der Waals surface area contributed by atoms with Crippen LogP contribution in [-0.4, -0.2) is 41.8 Å². The Bertz CT molecular complexity index is 344. The van der Waals surface area contributed by atoms with Crippen molar-refractivity contribution in [1.82, 2.24) is 5.32 Å². The monoisotopic (exact) mass is 272 g/mol. The van der Waals surface area contributed by atoms with Crippen LogP contribution in [-0.2, 0) is 14.3 Å². The van der Waals surface area contributed by atoms with Crippen molar-refractivity contribution in [3.63, 3.8) is 0 Å². The maximum atomic E-state index is 11.8. The molecular weight excluding hydrogens is 248 g/mol. The minimum Gasteiger partial charge on any atom is -0.481 e. The van der Waals surface area contributed by atoms with E-state index in [4.69, 9.17) is 15.6 Å². The smallest absolute Gasteiger partial charge is 0.303 e. The molecule has 0 aromatic rings. The molecule has 110 valence electrons. The van der Waals surface area contributed by atoms with Gasteiger partial charge in [-0.2, -0.15) is 0 Å². The summed E-state index contributed by atoms with van der Waals surface area (Å²) < 4.78 is 5.58. The molecule has 1 fully saturated rings. The molecule has 0 aliphatic heterocycles. The molecule has 0 saturated heterocycles. The summed E-state index contributed by atoms with van der Waals surface area (Å²) >= 11 is 0. The van der Waals surface area contributed by atoms with Crippen molar-refractivity contribution in [2.75, 3.05) is 6.61 Å². The second kappa shape index (κ2) is 6.34. The number of rotatable bonds is 7. The minimum atomic E-state index is -0.941. The fraction of sp³-hybridized carbons (Fsp3) is 0.846. The van der Waals surface area contributed by atoms with Crippen LogP contribution in [0.5, 0.6) is 0 Å². The molecule has 0 aromatic carbocycles. The number of amides is 1. The molecule has 19 heavy (non-hydrogen) atoms. The first-order valence-corrected chi connectivity index (χ1v) is 6.68. The lowest BCUT2D eigenvalue weighted by Crippen LogP contribution is -2.63. The molecule has 0 aromatic heterocycles. The van der Waals surface area contributed by atoms with Crippen molar-refractivity contribution in [2.24, 2.45) is 11.1 Å². The molecule has 1 saturated carbocycles. The molecular formula is C13H24N2O4. The van der Waals surface area contributed by atoms with Crippen molar-refractivity contribution in [1.29, 1.82) is 0 Å². The fourth-order valence-electron chi connectivity index (χ4n) is 2.30. The topological polar surface area (TPSA) is 102 Å². The standard InChI is InChI=1S/C13H24N2O4/c1-4-19-10-7-9(13(10,2)3)15-12(18)8(14)5-6-11(16)17/h8-10H,4-7,14H2,1-3H3,(H,15,18)(H,16,17). The van der Waals surface area contributed by atoms with Crippen LogP contribution < -0.4 is 11.1 Å². The molecule has 1 amide bonds. The Morgan fingerprint density at radius 3 is 2.63 bits per heavy atom. The Morgan fingerprint density at radius 2 is 2.16 bits per heavy atom. The van der Waals surface area contributed by atoms with Crippen LogP contribution in [0.15, 0.2) is 0 Å². The molecule has 0 bridgehead atoms. The van der Waals surface area contributed by atoms with E-state index in [9.17, 15) is 9.59 Å². The van der Waals surface area contributed by atoms with E-state index in [1.807, 2.05) is 20.8 Å². The van der Waals surface area contributed by atoms with Gasteiger partial charge in [0.2, 0.25) is 5.91 Å². The summed E-state index contributed by atoms with van der Waals surface area (Å²) in [7, 11) is 0. The van der Waals surface area contributed by atoms with Crippen LogP contribution in [0.1, 0.15) is 40.0 Å². The summed E-state index contributed by atoms with van der Waals surface area (Å²) in [4.78, 5) is 22.3. The lowest BCUT2D eigenvalue weighted by molar-refractivity contribution is -0.138. The van der Waals surface area contributed by atoms with Gasteiger partial charge in [-0.3, -0.25) is 9.59 Å². The quantitative estimate of drug-likeness (QED) is 0.626. The number of carbonyl (C=O) groups is 2. The highest BCUT2D eigenvalue weighted by Crippen LogP contribution is 2.42. The van der Waals surface area contributed by atoms with Crippen molar-refractivity contribution >= 4 is 11.9 Å². The average molecular weight is 272 g/mol. The van der Waals surface area contributed by atoms with E-state index < -0.39 is 12.0 Å². The van der Waals surface area contributed by atoms with Gasteiger partial charge in [0.1, 0.15) is 0 Å². The van der Waals surface area contributed by atoms with Crippen molar-refractivity contribution in [3.05, 3.63) is 0 Å². The summed E-state index contributed by atoms with van der Waals surface area (Å²) in [6.45, 7) is 6.70. The largest absolute Gasteiger partial charge is 0.481 e. The molecule has 1 aliphatic rings. The van der Waals surface area contributed by atoms with Crippen LogP contribution in [0.4, 0.5) is 0 Å². The summed E-state index contributed by atoms with van der Waals surface area (Å²) in [5, 5.41) is 11.4. The van der Waals surface area contributed by atoms with Crippen molar-refractivity contribution < 1.29 is 19.4 Å². The lowest BCUT2D eigenvalue weighted by Gasteiger charge is -2.51. The Morgan fingerprint density at radius 1 is 1.53 bits per heavy atom. The predicted molar refractivity (Wildman–Crippen MR) is 70.6 cm³/mol. The van der Waals surface area contributed by atoms with E-state index in [1.54, 1.807) is 0 Å². The van der Waals surface area contributed by atoms with E-state index in [-0.39, 0.29) is 36.3 Å². The molecule has 3 unspecified atom stereocenters. The number of ether oxygens (including phenoxy) is 1. The number of carbonyl (C=O) groups excluding carboxylic acids is 1. The first-order chi connectivity index (χ1) is 8.78. The Balaban J connectivity index is 2.40. The SMILES string of the molecule is CCOC1CC(NC(=O)C(N)CCC(=O)O)C1(C)C. The van der Waals surface area contributed by atoms with Gasteiger partial charge in [-0.25, -0.2) is 0 Å². The van der Waals surface area contributed by atoms with Gasteiger partial charge in [0, 0.05) is 24.5 Å². The summed E-state index contributed by atoms with van der Waals surface area (Å²) in [6.07, 6.45) is 0.990. The minimum absolute atomic E-state index is 0.0347. The second-order valence-electron chi connectivity index (χ2n) is 5.60. The van der Waals surface area contributed by atoms with E-state index in [0.29, 0.717) is 6.61 Å². The number of hydrogen-bond donors (Lipinski definition) is 3. The molecule has 3 atom stereocenters. The van der Waals surface area contributed by atoms with Crippen LogP contribution >= 0.6 is 0 Å². The van der Waals surface area contributed by atoms with E-state index in [2.05, 4.69) is 5.32 Å². The number of aliphatic carboxylic acids is 1. The summed E-state index contributed by atoms with van der Waals surface area (Å²) in [5.41, 5.74) is 5.55. The second-order valence-corrected chi connectivity index (χ2v) is 5.60. The van der Waals surface area contributed by atoms with Gasteiger partial charge in [0.15, 0.2) is 0 Å². The molecule has 6 nitrogen and oxygen atoms in total. The van der Waals surface area contributed by atoms with Crippen molar-refractivity contribution in [2.45, 2.75) is 58.2 Å². The van der Waals surface area contributed by atoms with Crippen LogP contribution in [0, 0.1) is 5.41 Å². The first-order valence-electron chi connectivity index (χ1n) is 6.68. The predicted octanol–water partition coefficient (Wildman–Crippen LogP) is 0.498. The fourth-order valence-corrected chi connectivity index (χ4v) is 2.30. The maximum Gasteiger partial charge on any atom is 0.303 e. The molecule has 1 aliphatic carbocycles. The van der Waals surface area contributed by atoms with Gasteiger partial charge in [0.05, 0.1) is 12.1 Å². The van der Waals surface area contributed by atoms with Gasteiger partial charge >= 0.3 is 5.97 Å². The molecule has 0 heterocycles. The molecule has 0 radical (unpaired) electrons. The zero-order valence-electron chi connectivity index (χ0n) is 11.8. The highest BCUT2D eigenvalue weighted by atomic mass is 16.5. The Hall–Kier alpha value is -1.14. The molecule has 6 heteroatoms.